The van der Waals surface area contributed by atoms with Crippen molar-refractivity contribution in [1.29, 1.82) is 0 Å². The van der Waals surface area contributed by atoms with Gasteiger partial charge in [0.2, 0.25) is 0 Å². The molecule has 0 unspecified atom stereocenters. The van der Waals surface area contributed by atoms with E-state index in [0.29, 0.717) is 25.6 Å². The molecular weight excluding hydrogens is 382 g/mol. The third-order valence-electron chi connectivity index (χ3n) is 5.84. The molecule has 2 N–H and O–H groups in total. The van der Waals surface area contributed by atoms with Crippen LogP contribution in [-0.2, 0) is 17.6 Å². The maximum Gasteiger partial charge on any atom is 0.155 e. The third-order valence-corrected chi connectivity index (χ3v) is 7.02. The molecule has 0 atom stereocenters. The van der Waals surface area contributed by atoms with Crippen LogP contribution in [0.4, 0.5) is 5.82 Å². The van der Waals surface area contributed by atoms with Gasteiger partial charge in [-0.05, 0) is 42.9 Å². The zero-order valence-corrected chi connectivity index (χ0v) is 17.2. The summed E-state index contributed by atoms with van der Waals surface area (Å²) in [4.78, 5) is 12.2. The standard InChI is InChI=1S/C23H25N3O2S/c27-13-23(14-28-15-23)12-24-21-20-17-8-4-5-9-18(17)29-22(20)26-19(25-21)11-10-16-6-2-1-3-7-16/h1-3,6-7,10-11,27H,4-5,8-9,12-15H2,(H,24,25,26)/b11-10+. The minimum Gasteiger partial charge on any atom is -0.396 e. The second-order valence-electron chi connectivity index (χ2n) is 8.07. The number of nitrogens with zero attached hydrogens (tertiary/aromatic N) is 2. The molecule has 0 bridgehead atoms. The average molecular weight is 408 g/mol. The number of ether oxygens (including phenoxy) is 1. The van der Waals surface area contributed by atoms with E-state index in [1.165, 1.54) is 28.7 Å². The first kappa shape index (κ1) is 18.7. The SMILES string of the molecule is OCC1(CNc2nc(/C=C/c3ccccc3)nc3sc4c(c23)CCCC4)COC1. The number of fused-ring (bicyclic) bond motifs is 3. The molecule has 29 heavy (non-hydrogen) atoms. The number of hydrogen-bond acceptors (Lipinski definition) is 6. The topological polar surface area (TPSA) is 67.3 Å². The number of benzene rings is 1. The van der Waals surface area contributed by atoms with E-state index < -0.39 is 0 Å². The van der Waals surface area contributed by atoms with E-state index in [1.807, 2.05) is 41.7 Å². The van der Waals surface area contributed by atoms with Crippen LogP contribution >= 0.6 is 11.3 Å². The molecule has 5 rings (SSSR count). The van der Waals surface area contributed by atoms with E-state index in [4.69, 9.17) is 14.7 Å². The van der Waals surface area contributed by atoms with Crippen molar-refractivity contribution < 1.29 is 9.84 Å². The van der Waals surface area contributed by atoms with Crippen LogP contribution in [-0.4, -0.2) is 41.4 Å². The van der Waals surface area contributed by atoms with E-state index in [0.717, 1.165) is 29.1 Å². The molecule has 1 aliphatic carbocycles. The van der Waals surface area contributed by atoms with Crippen LogP contribution in [0.3, 0.4) is 0 Å². The Labute approximate surface area is 174 Å². The van der Waals surface area contributed by atoms with Gasteiger partial charge in [-0.2, -0.15) is 0 Å². The highest BCUT2D eigenvalue weighted by Gasteiger charge is 2.38. The first-order valence-electron chi connectivity index (χ1n) is 10.2. The maximum atomic E-state index is 9.78. The Bertz CT molecular complexity index is 1040. The summed E-state index contributed by atoms with van der Waals surface area (Å²) in [5, 5.41) is 14.5. The largest absolute Gasteiger partial charge is 0.396 e. The zero-order chi connectivity index (χ0) is 19.7. The lowest BCUT2D eigenvalue weighted by atomic mass is 9.87. The minimum absolute atomic E-state index is 0.122. The third kappa shape index (κ3) is 3.68. The lowest BCUT2D eigenvalue weighted by molar-refractivity contribution is -0.128. The summed E-state index contributed by atoms with van der Waals surface area (Å²) in [6.07, 6.45) is 8.74. The van der Waals surface area contributed by atoms with E-state index in [1.54, 1.807) is 0 Å². The van der Waals surface area contributed by atoms with Gasteiger partial charge in [-0.1, -0.05) is 36.4 Å². The second kappa shape index (κ2) is 7.86. The first-order chi connectivity index (χ1) is 14.3. The summed E-state index contributed by atoms with van der Waals surface area (Å²) in [7, 11) is 0. The van der Waals surface area contributed by atoms with Crippen molar-refractivity contribution in [3.05, 3.63) is 52.2 Å². The van der Waals surface area contributed by atoms with E-state index in [9.17, 15) is 5.11 Å². The summed E-state index contributed by atoms with van der Waals surface area (Å²) in [5.41, 5.74) is 2.34. The van der Waals surface area contributed by atoms with E-state index in [2.05, 4.69) is 17.4 Å². The molecule has 3 aromatic rings. The maximum absolute atomic E-state index is 9.78. The van der Waals surface area contributed by atoms with Crippen molar-refractivity contribution in [3.8, 4) is 0 Å². The van der Waals surface area contributed by atoms with Gasteiger partial charge in [0.1, 0.15) is 10.6 Å². The molecule has 1 fully saturated rings. The molecular formula is C23H25N3O2S. The molecule has 1 saturated heterocycles. The van der Waals surface area contributed by atoms with Crippen molar-refractivity contribution >= 4 is 39.5 Å². The molecule has 2 aliphatic rings. The quantitative estimate of drug-likeness (QED) is 0.642. The Balaban J connectivity index is 1.52. The summed E-state index contributed by atoms with van der Waals surface area (Å²) < 4.78 is 5.35. The van der Waals surface area contributed by atoms with Crippen molar-refractivity contribution in [2.24, 2.45) is 5.41 Å². The number of aliphatic hydroxyl groups excluding tert-OH is 1. The van der Waals surface area contributed by atoms with Gasteiger partial charge in [-0.15, -0.1) is 11.3 Å². The number of nitrogens with one attached hydrogen (secondary N) is 1. The lowest BCUT2D eigenvalue weighted by Crippen LogP contribution is -2.50. The normalized spacial score (nSPS) is 18.0. The molecule has 0 saturated carbocycles. The van der Waals surface area contributed by atoms with Crippen LogP contribution in [0.25, 0.3) is 22.4 Å². The zero-order valence-electron chi connectivity index (χ0n) is 16.4. The number of aryl methyl sites for hydroxylation is 2. The van der Waals surface area contributed by atoms with E-state index >= 15 is 0 Å². The fraction of sp³-hybridized carbons (Fsp3) is 0.391. The number of anilines is 1. The predicted molar refractivity (Wildman–Crippen MR) is 118 cm³/mol. The number of thiophene rings is 1. The Morgan fingerprint density at radius 1 is 1.10 bits per heavy atom. The molecule has 0 spiro atoms. The van der Waals surface area contributed by atoms with Gasteiger partial charge in [0, 0.05) is 11.4 Å². The predicted octanol–water partition coefficient (Wildman–Crippen LogP) is 4.16. The number of aliphatic hydroxyl groups is 1. The van der Waals surface area contributed by atoms with Crippen molar-refractivity contribution in [2.75, 3.05) is 31.7 Å². The summed E-state index contributed by atoms with van der Waals surface area (Å²) in [5.74, 6) is 1.60. The first-order valence-corrected chi connectivity index (χ1v) is 11.1. The van der Waals surface area contributed by atoms with Crippen LogP contribution in [0, 0.1) is 5.41 Å². The monoisotopic (exact) mass is 407 g/mol. The second-order valence-corrected chi connectivity index (χ2v) is 9.15. The smallest absolute Gasteiger partial charge is 0.155 e. The van der Waals surface area contributed by atoms with Crippen LogP contribution in [0.5, 0.6) is 0 Å². The molecule has 0 radical (unpaired) electrons. The van der Waals surface area contributed by atoms with Crippen molar-refractivity contribution in [2.45, 2.75) is 25.7 Å². The molecule has 150 valence electrons. The molecule has 1 aromatic carbocycles. The molecule has 0 amide bonds. The summed E-state index contributed by atoms with van der Waals surface area (Å²) >= 11 is 1.81. The fourth-order valence-corrected chi connectivity index (χ4v) is 5.29. The van der Waals surface area contributed by atoms with Gasteiger partial charge in [0.05, 0.1) is 30.6 Å². The minimum atomic E-state index is -0.201. The summed E-state index contributed by atoms with van der Waals surface area (Å²) in [6.45, 7) is 1.96. The number of aromatic nitrogens is 2. The van der Waals surface area contributed by atoms with Crippen molar-refractivity contribution in [1.82, 2.24) is 9.97 Å². The average Bonchev–Trinajstić information content (AvgIpc) is 3.11. The van der Waals surface area contributed by atoms with Crippen LogP contribution in [0.2, 0.25) is 0 Å². The van der Waals surface area contributed by atoms with E-state index in [-0.39, 0.29) is 12.0 Å². The number of rotatable bonds is 6. The van der Waals surface area contributed by atoms with Crippen LogP contribution in [0.1, 0.15) is 34.7 Å². The molecule has 1 aliphatic heterocycles. The van der Waals surface area contributed by atoms with Gasteiger partial charge in [-0.3, -0.25) is 0 Å². The lowest BCUT2D eigenvalue weighted by Gasteiger charge is -2.40. The van der Waals surface area contributed by atoms with Crippen LogP contribution in [0.15, 0.2) is 30.3 Å². The van der Waals surface area contributed by atoms with Crippen LogP contribution < -0.4 is 5.32 Å². The molecule has 6 heteroatoms. The van der Waals surface area contributed by atoms with Gasteiger partial charge >= 0.3 is 0 Å². The van der Waals surface area contributed by atoms with Gasteiger partial charge in [-0.25, -0.2) is 9.97 Å². The molecule has 3 heterocycles. The highest BCUT2D eigenvalue weighted by Crippen LogP contribution is 2.39. The highest BCUT2D eigenvalue weighted by atomic mass is 32.1. The van der Waals surface area contributed by atoms with Gasteiger partial charge < -0.3 is 15.2 Å². The molecule has 2 aromatic heterocycles. The summed E-state index contributed by atoms with van der Waals surface area (Å²) in [6, 6.07) is 10.2. The Morgan fingerprint density at radius 3 is 2.69 bits per heavy atom. The Morgan fingerprint density at radius 2 is 1.93 bits per heavy atom. The Hall–Kier alpha value is -2.28. The Kier molecular flexibility index (Phi) is 5.08. The highest BCUT2D eigenvalue weighted by molar-refractivity contribution is 7.19. The number of hydrogen-bond donors (Lipinski definition) is 2. The van der Waals surface area contributed by atoms with Gasteiger partial charge in [0.25, 0.3) is 0 Å². The van der Waals surface area contributed by atoms with Gasteiger partial charge in [0.15, 0.2) is 5.82 Å². The molecule has 5 nitrogen and oxygen atoms in total. The fourth-order valence-electron chi connectivity index (χ4n) is 4.02. The van der Waals surface area contributed by atoms with Crippen molar-refractivity contribution in [3.63, 3.8) is 0 Å².